The molecule has 4 aliphatic rings. The van der Waals surface area contributed by atoms with E-state index in [1.54, 1.807) is 6.92 Å². The van der Waals surface area contributed by atoms with Crippen LogP contribution in [0.5, 0.6) is 0 Å². The molecule has 17 heavy (non-hydrogen) atoms. The van der Waals surface area contributed by atoms with Gasteiger partial charge in [0.1, 0.15) is 5.78 Å². The van der Waals surface area contributed by atoms with Crippen LogP contribution in [-0.2, 0) is 4.79 Å². The molecular weight excluding hydrogens is 210 g/mol. The number of hydrogen-bond donors (Lipinski definition) is 1. The number of hydrogen-bond acceptors (Lipinski definition) is 2. The molecule has 4 rings (SSSR count). The minimum atomic E-state index is 0.103. The minimum Gasteiger partial charge on any atom is -0.311 e. The summed E-state index contributed by atoms with van der Waals surface area (Å²) in [6, 6.07) is 0.103. The SMILES string of the molecule is CN[C@@H](CC12CC3CC(CC(C3)C1)C2)C(C)=O. The first kappa shape index (κ1) is 11.7. The second-order valence-corrected chi connectivity index (χ2v) is 7.07. The van der Waals surface area contributed by atoms with Crippen molar-refractivity contribution in [2.75, 3.05) is 7.05 Å². The molecule has 0 aromatic rings. The molecule has 1 atom stereocenters. The molecule has 4 bridgehead atoms. The van der Waals surface area contributed by atoms with E-state index >= 15 is 0 Å². The Kier molecular flexibility index (Phi) is 2.81. The highest BCUT2D eigenvalue weighted by atomic mass is 16.1. The van der Waals surface area contributed by atoms with Crippen molar-refractivity contribution in [3.63, 3.8) is 0 Å². The molecule has 0 unspecified atom stereocenters. The zero-order valence-electron chi connectivity index (χ0n) is 11.2. The van der Waals surface area contributed by atoms with Crippen molar-refractivity contribution in [3.05, 3.63) is 0 Å². The lowest BCUT2D eigenvalue weighted by atomic mass is 9.48. The standard InChI is InChI=1S/C15H25NO/c1-10(17)14(16-2)9-15-6-11-3-12(7-15)5-13(4-11)8-15/h11-14,16H,3-9H2,1-2H3/t11?,12?,13?,14-,15?/m0/s1. The van der Waals surface area contributed by atoms with Crippen molar-refractivity contribution < 1.29 is 4.79 Å². The van der Waals surface area contributed by atoms with E-state index in [-0.39, 0.29) is 6.04 Å². The second kappa shape index (κ2) is 4.08. The van der Waals surface area contributed by atoms with Gasteiger partial charge in [-0.2, -0.15) is 0 Å². The summed E-state index contributed by atoms with van der Waals surface area (Å²) in [6.45, 7) is 1.74. The van der Waals surface area contributed by atoms with Crippen LogP contribution < -0.4 is 5.32 Å². The molecule has 96 valence electrons. The summed E-state index contributed by atoms with van der Waals surface area (Å²) in [5.41, 5.74) is 0.522. The van der Waals surface area contributed by atoms with Crippen LogP contribution >= 0.6 is 0 Å². The fourth-order valence-electron chi connectivity index (χ4n) is 5.42. The molecule has 0 spiro atoms. The van der Waals surface area contributed by atoms with Crippen LogP contribution in [0.3, 0.4) is 0 Å². The van der Waals surface area contributed by atoms with Crippen LogP contribution in [0.1, 0.15) is 51.9 Å². The smallest absolute Gasteiger partial charge is 0.146 e. The molecule has 0 heterocycles. The summed E-state index contributed by atoms with van der Waals surface area (Å²) >= 11 is 0. The van der Waals surface area contributed by atoms with Gasteiger partial charge in [-0.25, -0.2) is 0 Å². The van der Waals surface area contributed by atoms with Crippen molar-refractivity contribution in [1.29, 1.82) is 0 Å². The Morgan fingerprint density at radius 2 is 1.65 bits per heavy atom. The van der Waals surface area contributed by atoms with E-state index in [1.807, 2.05) is 7.05 Å². The van der Waals surface area contributed by atoms with Gasteiger partial charge < -0.3 is 5.32 Å². The number of likely N-dealkylation sites (N-methyl/N-ethyl adjacent to an activating group) is 1. The number of carbonyl (C=O) groups excluding carboxylic acids is 1. The Morgan fingerprint density at radius 1 is 1.18 bits per heavy atom. The van der Waals surface area contributed by atoms with Gasteiger partial charge in [-0.3, -0.25) is 4.79 Å². The van der Waals surface area contributed by atoms with Gasteiger partial charge in [-0.15, -0.1) is 0 Å². The van der Waals surface area contributed by atoms with Crippen LogP contribution in [-0.4, -0.2) is 18.9 Å². The number of rotatable bonds is 4. The molecule has 0 aliphatic heterocycles. The van der Waals surface area contributed by atoms with E-state index < -0.39 is 0 Å². The summed E-state index contributed by atoms with van der Waals surface area (Å²) < 4.78 is 0. The normalized spacial score (nSPS) is 44.9. The molecule has 2 nitrogen and oxygen atoms in total. The van der Waals surface area contributed by atoms with Crippen molar-refractivity contribution in [2.45, 2.75) is 57.9 Å². The third-order valence-electron chi connectivity index (χ3n) is 5.64. The molecule has 4 fully saturated rings. The van der Waals surface area contributed by atoms with E-state index in [1.165, 1.54) is 38.5 Å². The topological polar surface area (TPSA) is 29.1 Å². The van der Waals surface area contributed by atoms with Crippen LogP contribution in [0.2, 0.25) is 0 Å². The van der Waals surface area contributed by atoms with Gasteiger partial charge >= 0.3 is 0 Å². The first-order valence-corrected chi connectivity index (χ1v) is 7.28. The van der Waals surface area contributed by atoms with Gasteiger partial charge in [-0.1, -0.05) is 0 Å². The Hall–Kier alpha value is -0.370. The fraction of sp³-hybridized carbons (Fsp3) is 0.933. The Balaban J connectivity index is 1.75. The average molecular weight is 235 g/mol. The molecule has 0 amide bonds. The molecule has 0 aromatic heterocycles. The molecule has 4 saturated carbocycles. The fourth-order valence-corrected chi connectivity index (χ4v) is 5.42. The van der Waals surface area contributed by atoms with Gasteiger partial charge in [0.15, 0.2) is 0 Å². The molecule has 0 saturated heterocycles. The zero-order chi connectivity index (χ0) is 12.0. The maximum atomic E-state index is 11.6. The number of carbonyl (C=O) groups is 1. The van der Waals surface area contributed by atoms with Crippen LogP contribution in [0.25, 0.3) is 0 Å². The minimum absolute atomic E-state index is 0.103. The number of ketones is 1. The predicted octanol–water partition coefficient (Wildman–Crippen LogP) is 2.77. The molecule has 0 aromatic carbocycles. The first-order chi connectivity index (χ1) is 8.10. The summed E-state index contributed by atoms with van der Waals surface area (Å²) in [6.07, 6.45) is 9.79. The highest BCUT2D eigenvalue weighted by Crippen LogP contribution is 2.61. The van der Waals surface area contributed by atoms with Gasteiger partial charge in [0, 0.05) is 0 Å². The molecular formula is C15H25NO. The van der Waals surface area contributed by atoms with Crippen molar-refractivity contribution >= 4 is 5.78 Å². The molecule has 0 radical (unpaired) electrons. The van der Waals surface area contributed by atoms with Gasteiger partial charge in [0.05, 0.1) is 6.04 Å². The van der Waals surface area contributed by atoms with Crippen LogP contribution in [0.15, 0.2) is 0 Å². The van der Waals surface area contributed by atoms with Crippen molar-refractivity contribution in [2.24, 2.45) is 23.2 Å². The van der Waals surface area contributed by atoms with E-state index in [0.29, 0.717) is 11.2 Å². The summed E-state index contributed by atoms with van der Waals surface area (Å²) in [5, 5.41) is 3.23. The maximum absolute atomic E-state index is 11.6. The molecule has 2 heteroatoms. The van der Waals surface area contributed by atoms with Crippen molar-refractivity contribution in [1.82, 2.24) is 5.32 Å². The molecule has 1 N–H and O–H groups in total. The lowest BCUT2D eigenvalue weighted by Crippen LogP contribution is -2.49. The van der Waals surface area contributed by atoms with Gasteiger partial charge in [-0.05, 0) is 82.1 Å². The first-order valence-electron chi connectivity index (χ1n) is 7.28. The Labute approximate surface area is 105 Å². The van der Waals surface area contributed by atoms with E-state index in [4.69, 9.17) is 0 Å². The lowest BCUT2D eigenvalue weighted by Gasteiger charge is -2.57. The lowest BCUT2D eigenvalue weighted by molar-refractivity contribution is -0.122. The quantitative estimate of drug-likeness (QED) is 0.812. The Bertz CT molecular complexity index is 288. The maximum Gasteiger partial charge on any atom is 0.146 e. The monoisotopic (exact) mass is 235 g/mol. The van der Waals surface area contributed by atoms with Crippen LogP contribution in [0, 0.1) is 23.2 Å². The zero-order valence-corrected chi connectivity index (χ0v) is 11.2. The summed E-state index contributed by atoms with van der Waals surface area (Å²) in [4.78, 5) is 11.6. The van der Waals surface area contributed by atoms with E-state index in [9.17, 15) is 4.79 Å². The summed E-state index contributed by atoms with van der Waals surface area (Å²) in [7, 11) is 1.94. The third kappa shape index (κ3) is 2.05. The summed E-state index contributed by atoms with van der Waals surface area (Å²) in [5.74, 6) is 3.30. The highest BCUT2D eigenvalue weighted by molar-refractivity contribution is 5.81. The van der Waals surface area contributed by atoms with Crippen molar-refractivity contribution in [3.8, 4) is 0 Å². The average Bonchev–Trinajstić information content (AvgIpc) is 2.23. The van der Waals surface area contributed by atoms with E-state index in [0.717, 1.165) is 24.2 Å². The van der Waals surface area contributed by atoms with Crippen LogP contribution in [0.4, 0.5) is 0 Å². The second-order valence-electron chi connectivity index (χ2n) is 7.07. The predicted molar refractivity (Wildman–Crippen MR) is 68.8 cm³/mol. The van der Waals surface area contributed by atoms with E-state index in [2.05, 4.69) is 5.32 Å². The number of nitrogens with one attached hydrogen (secondary N) is 1. The Morgan fingerprint density at radius 3 is 2.00 bits per heavy atom. The van der Waals surface area contributed by atoms with Gasteiger partial charge in [0.25, 0.3) is 0 Å². The molecule has 4 aliphatic carbocycles. The third-order valence-corrected chi connectivity index (χ3v) is 5.64. The van der Waals surface area contributed by atoms with Gasteiger partial charge in [0.2, 0.25) is 0 Å². The largest absolute Gasteiger partial charge is 0.311 e. The number of Topliss-reactive ketones (excluding diaryl/α,β-unsaturated/α-hetero) is 1. The highest BCUT2D eigenvalue weighted by Gasteiger charge is 2.51.